The van der Waals surface area contributed by atoms with Crippen molar-refractivity contribution in [2.75, 3.05) is 0 Å². The van der Waals surface area contributed by atoms with Crippen LogP contribution >= 0.6 is 34.8 Å². The first-order valence-electron chi connectivity index (χ1n) is 7.25. The van der Waals surface area contributed by atoms with E-state index < -0.39 is 0 Å². The zero-order valence-electron chi connectivity index (χ0n) is 12.5. The monoisotopic (exact) mass is 440 g/mol. The average molecular weight is 440 g/mol. The zero-order valence-corrected chi connectivity index (χ0v) is 15.5. The number of ether oxygens (including phenoxy) is 2. The third-order valence-electron chi connectivity index (χ3n) is 3.06. The number of alkyl halides is 1. The van der Waals surface area contributed by atoms with E-state index in [4.69, 9.17) is 21.7 Å². The highest BCUT2D eigenvalue weighted by molar-refractivity contribution is 14.1. The van der Waals surface area contributed by atoms with Gasteiger partial charge in [-0.1, -0.05) is 71.1 Å². The summed E-state index contributed by atoms with van der Waals surface area (Å²) in [7, 11) is 0. The first-order chi connectivity index (χ1) is 11.1. The predicted molar refractivity (Wildman–Crippen MR) is 103 cm³/mol. The summed E-state index contributed by atoms with van der Waals surface area (Å²) in [5, 5.41) is 0.479. The molecule has 2 aromatic carbocycles. The van der Waals surface area contributed by atoms with Gasteiger partial charge in [0, 0.05) is 6.42 Å². The SMILES string of the molecule is O=C(CCC(I)C(=S)Oc1ccccc1)OCc1ccccc1. The van der Waals surface area contributed by atoms with Gasteiger partial charge in [0.05, 0.1) is 3.92 Å². The fraction of sp³-hybridized carbons (Fsp3) is 0.222. The van der Waals surface area contributed by atoms with Crippen LogP contribution in [0.4, 0.5) is 0 Å². The molecule has 0 aromatic heterocycles. The van der Waals surface area contributed by atoms with Crippen molar-refractivity contribution in [1.82, 2.24) is 0 Å². The van der Waals surface area contributed by atoms with E-state index in [1.54, 1.807) is 0 Å². The Morgan fingerprint density at radius 3 is 2.30 bits per heavy atom. The van der Waals surface area contributed by atoms with Gasteiger partial charge in [-0.25, -0.2) is 0 Å². The van der Waals surface area contributed by atoms with Crippen LogP contribution in [0.15, 0.2) is 60.7 Å². The number of hydrogen-bond acceptors (Lipinski definition) is 4. The largest absolute Gasteiger partial charge is 0.461 e. The summed E-state index contributed by atoms with van der Waals surface area (Å²) in [6, 6.07) is 19.0. The maximum absolute atomic E-state index is 11.8. The van der Waals surface area contributed by atoms with E-state index >= 15 is 0 Å². The van der Waals surface area contributed by atoms with Crippen molar-refractivity contribution in [2.24, 2.45) is 0 Å². The van der Waals surface area contributed by atoms with Gasteiger partial charge in [-0.2, -0.15) is 0 Å². The number of halogens is 1. The maximum Gasteiger partial charge on any atom is 0.306 e. The molecule has 0 aliphatic rings. The lowest BCUT2D eigenvalue weighted by Gasteiger charge is -2.12. The molecule has 1 atom stereocenters. The van der Waals surface area contributed by atoms with Gasteiger partial charge in [-0.15, -0.1) is 0 Å². The van der Waals surface area contributed by atoms with Gasteiger partial charge in [-0.05, 0) is 36.3 Å². The molecule has 2 rings (SSSR count). The minimum Gasteiger partial charge on any atom is -0.461 e. The highest BCUT2D eigenvalue weighted by atomic mass is 127. The zero-order chi connectivity index (χ0) is 16.5. The van der Waals surface area contributed by atoms with Gasteiger partial charge in [0.1, 0.15) is 12.4 Å². The number of benzene rings is 2. The molecular formula is C18H17IO3S. The second-order valence-corrected chi connectivity index (χ2v) is 6.79. The van der Waals surface area contributed by atoms with Crippen LogP contribution in [0, 0.1) is 0 Å². The van der Waals surface area contributed by atoms with Gasteiger partial charge in [0.25, 0.3) is 0 Å². The Hall–Kier alpha value is -1.47. The minimum atomic E-state index is -0.224. The molecule has 1 unspecified atom stereocenters. The van der Waals surface area contributed by atoms with E-state index in [0.717, 1.165) is 5.56 Å². The third-order valence-corrected chi connectivity index (χ3v) is 5.04. The summed E-state index contributed by atoms with van der Waals surface area (Å²) in [5.41, 5.74) is 0.981. The molecule has 0 aliphatic carbocycles. The summed E-state index contributed by atoms with van der Waals surface area (Å²) < 4.78 is 10.8. The van der Waals surface area contributed by atoms with E-state index in [0.29, 0.717) is 30.2 Å². The van der Waals surface area contributed by atoms with Gasteiger partial charge >= 0.3 is 5.97 Å². The van der Waals surface area contributed by atoms with Gasteiger partial charge < -0.3 is 9.47 Å². The van der Waals surface area contributed by atoms with Crippen LogP contribution < -0.4 is 4.74 Å². The molecule has 0 heterocycles. The van der Waals surface area contributed by atoms with Crippen molar-refractivity contribution in [3.05, 3.63) is 66.2 Å². The van der Waals surface area contributed by atoms with Crippen molar-refractivity contribution >= 4 is 45.8 Å². The van der Waals surface area contributed by atoms with E-state index in [1.807, 2.05) is 60.7 Å². The number of para-hydroxylation sites is 1. The molecule has 120 valence electrons. The predicted octanol–water partition coefficient (Wildman–Crippen LogP) is 4.72. The molecule has 0 aliphatic heterocycles. The summed E-state index contributed by atoms with van der Waals surface area (Å²) in [5.74, 6) is 0.490. The number of hydrogen-bond donors (Lipinski definition) is 0. The summed E-state index contributed by atoms with van der Waals surface area (Å²) >= 11 is 7.46. The second-order valence-electron chi connectivity index (χ2n) is 4.89. The van der Waals surface area contributed by atoms with E-state index in [1.165, 1.54) is 0 Å². The second kappa shape index (κ2) is 9.62. The van der Waals surface area contributed by atoms with Gasteiger partial charge in [0.2, 0.25) is 0 Å². The van der Waals surface area contributed by atoms with E-state index in [2.05, 4.69) is 22.6 Å². The van der Waals surface area contributed by atoms with Gasteiger partial charge in [-0.3, -0.25) is 4.79 Å². The Bertz CT molecular complexity index is 631. The molecule has 23 heavy (non-hydrogen) atoms. The molecule has 5 heteroatoms. The fourth-order valence-electron chi connectivity index (χ4n) is 1.84. The van der Waals surface area contributed by atoms with Crippen LogP contribution in [0.5, 0.6) is 5.75 Å². The number of carbonyl (C=O) groups is 1. The van der Waals surface area contributed by atoms with E-state index in [9.17, 15) is 4.79 Å². The lowest BCUT2D eigenvalue weighted by Crippen LogP contribution is -2.19. The van der Waals surface area contributed by atoms with Crippen LogP contribution in [-0.4, -0.2) is 14.9 Å². The van der Waals surface area contributed by atoms with Crippen molar-refractivity contribution < 1.29 is 14.3 Å². The standard InChI is InChI=1S/C18H17IO3S/c19-16(18(23)22-15-9-5-2-6-10-15)11-12-17(20)21-13-14-7-3-1-4-8-14/h1-10,16H,11-13H2. The average Bonchev–Trinajstić information content (AvgIpc) is 2.59. The number of thiocarbonyl (C=S) groups is 1. The maximum atomic E-state index is 11.8. The Kier molecular flexibility index (Phi) is 7.48. The fourth-order valence-corrected chi connectivity index (χ4v) is 2.49. The number of esters is 1. The van der Waals surface area contributed by atoms with Crippen molar-refractivity contribution in [2.45, 2.75) is 23.4 Å². The van der Waals surface area contributed by atoms with Crippen molar-refractivity contribution in [3.63, 3.8) is 0 Å². The van der Waals surface area contributed by atoms with Crippen LogP contribution in [0.2, 0.25) is 0 Å². The van der Waals surface area contributed by atoms with Crippen molar-refractivity contribution in [3.8, 4) is 5.75 Å². The van der Waals surface area contributed by atoms with E-state index in [-0.39, 0.29) is 9.89 Å². The summed E-state index contributed by atoms with van der Waals surface area (Å²) in [6.07, 6.45) is 0.915. The molecular weight excluding hydrogens is 423 g/mol. The van der Waals surface area contributed by atoms with Crippen molar-refractivity contribution in [1.29, 1.82) is 0 Å². The lowest BCUT2D eigenvalue weighted by molar-refractivity contribution is -0.145. The Labute approximate surface area is 155 Å². The Morgan fingerprint density at radius 2 is 1.65 bits per heavy atom. The normalized spacial score (nSPS) is 11.5. The molecule has 0 saturated carbocycles. The summed E-state index contributed by atoms with van der Waals surface area (Å²) in [6.45, 7) is 0.302. The minimum absolute atomic E-state index is 0.0212. The molecule has 0 spiro atoms. The number of carbonyl (C=O) groups excluding carboxylic acids is 1. The molecule has 0 N–H and O–H groups in total. The Morgan fingerprint density at radius 1 is 1.04 bits per heavy atom. The van der Waals surface area contributed by atoms with Gasteiger partial charge in [0.15, 0.2) is 5.05 Å². The first-order valence-corrected chi connectivity index (χ1v) is 8.91. The Balaban J connectivity index is 1.70. The summed E-state index contributed by atoms with van der Waals surface area (Å²) in [4.78, 5) is 11.8. The first kappa shape index (κ1) is 17.9. The molecule has 3 nitrogen and oxygen atoms in total. The quantitative estimate of drug-likeness (QED) is 0.270. The molecule has 2 aromatic rings. The third kappa shape index (κ3) is 6.66. The number of rotatable bonds is 7. The smallest absolute Gasteiger partial charge is 0.306 e. The lowest BCUT2D eigenvalue weighted by atomic mass is 10.2. The molecule has 0 bridgehead atoms. The molecule has 0 radical (unpaired) electrons. The highest BCUT2D eigenvalue weighted by Gasteiger charge is 2.15. The van der Waals surface area contributed by atoms with Crippen LogP contribution in [0.1, 0.15) is 18.4 Å². The molecule has 0 amide bonds. The van der Waals surface area contributed by atoms with Crippen LogP contribution in [0.25, 0.3) is 0 Å². The van der Waals surface area contributed by atoms with Crippen LogP contribution in [-0.2, 0) is 16.1 Å². The highest BCUT2D eigenvalue weighted by Crippen LogP contribution is 2.17. The molecule has 0 fully saturated rings. The molecule has 0 saturated heterocycles. The van der Waals surface area contributed by atoms with Crippen LogP contribution in [0.3, 0.4) is 0 Å². The topological polar surface area (TPSA) is 35.5 Å².